The van der Waals surface area contributed by atoms with Crippen molar-refractivity contribution in [3.05, 3.63) is 44.1 Å². The van der Waals surface area contributed by atoms with Gasteiger partial charge in [-0.2, -0.15) is 4.98 Å². The summed E-state index contributed by atoms with van der Waals surface area (Å²) in [5.74, 6) is 0.300. The molecular formula is C16H20N6O2. The molecule has 0 aromatic heterocycles. The van der Waals surface area contributed by atoms with Gasteiger partial charge in [0.15, 0.2) is 11.5 Å². The molecule has 0 fully saturated rings. The van der Waals surface area contributed by atoms with E-state index in [4.69, 9.17) is 5.73 Å². The number of rotatable bonds is 5. The second-order valence-corrected chi connectivity index (χ2v) is 5.77. The molecule has 0 aliphatic carbocycles. The van der Waals surface area contributed by atoms with Crippen molar-refractivity contribution in [2.24, 2.45) is 5.73 Å². The SMILES string of the molecule is Cc1cc2nc3c(=O)[nH]c(=O)nc-3n(CCNCCN)c2cc1C. The molecule has 2 heterocycles. The minimum atomic E-state index is -0.666. The fourth-order valence-electron chi connectivity index (χ4n) is 2.69. The molecule has 0 unspecified atom stereocenters. The van der Waals surface area contributed by atoms with Crippen molar-refractivity contribution >= 4 is 11.0 Å². The van der Waals surface area contributed by atoms with Crippen LogP contribution in [0.1, 0.15) is 11.1 Å². The molecule has 1 aromatic carbocycles. The Morgan fingerprint density at radius 1 is 1.17 bits per heavy atom. The summed E-state index contributed by atoms with van der Waals surface area (Å²) in [4.78, 5) is 34.3. The molecule has 24 heavy (non-hydrogen) atoms. The van der Waals surface area contributed by atoms with E-state index in [0.29, 0.717) is 37.5 Å². The maximum Gasteiger partial charge on any atom is 0.349 e. The summed E-state index contributed by atoms with van der Waals surface area (Å²) >= 11 is 0. The highest BCUT2D eigenvalue weighted by molar-refractivity contribution is 5.81. The molecule has 126 valence electrons. The van der Waals surface area contributed by atoms with Crippen molar-refractivity contribution in [1.82, 2.24) is 24.8 Å². The number of aromatic amines is 1. The van der Waals surface area contributed by atoms with E-state index in [1.54, 1.807) is 0 Å². The van der Waals surface area contributed by atoms with E-state index in [-0.39, 0.29) is 5.69 Å². The highest BCUT2D eigenvalue weighted by Gasteiger charge is 2.18. The number of benzene rings is 1. The van der Waals surface area contributed by atoms with Crippen LogP contribution in [0.25, 0.3) is 22.6 Å². The maximum absolute atomic E-state index is 12.1. The van der Waals surface area contributed by atoms with E-state index < -0.39 is 11.2 Å². The van der Waals surface area contributed by atoms with E-state index in [0.717, 1.165) is 16.6 Å². The van der Waals surface area contributed by atoms with Crippen molar-refractivity contribution in [3.8, 4) is 11.5 Å². The molecule has 0 bridgehead atoms. The number of aryl methyl sites for hydroxylation is 2. The highest BCUT2D eigenvalue weighted by Crippen LogP contribution is 2.23. The topological polar surface area (TPSA) is 119 Å². The lowest BCUT2D eigenvalue weighted by atomic mass is 10.1. The first-order valence-electron chi connectivity index (χ1n) is 7.84. The lowest BCUT2D eigenvalue weighted by Gasteiger charge is -2.18. The van der Waals surface area contributed by atoms with Gasteiger partial charge in [-0.3, -0.25) is 9.78 Å². The molecule has 8 heteroatoms. The first-order valence-corrected chi connectivity index (χ1v) is 7.84. The Balaban J connectivity index is 2.26. The van der Waals surface area contributed by atoms with Gasteiger partial charge in [0.25, 0.3) is 5.56 Å². The number of hydrogen-bond donors (Lipinski definition) is 3. The second kappa shape index (κ2) is 6.50. The van der Waals surface area contributed by atoms with Crippen LogP contribution in [0.3, 0.4) is 0 Å². The third-order valence-electron chi connectivity index (χ3n) is 4.06. The lowest BCUT2D eigenvalue weighted by molar-refractivity contribution is 0.607. The summed E-state index contributed by atoms with van der Waals surface area (Å²) in [7, 11) is 0. The lowest BCUT2D eigenvalue weighted by Crippen LogP contribution is -2.31. The Kier molecular flexibility index (Phi) is 4.41. The predicted molar refractivity (Wildman–Crippen MR) is 92.4 cm³/mol. The van der Waals surface area contributed by atoms with E-state index in [1.807, 2.05) is 30.5 Å². The average molecular weight is 328 g/mol. The summed E-state index contributed by atoms with van der Waals surface area (Å²) in [5, 5.41) is 3.21. The van der Waals surface area contributed by atoms with Gasteiger partial charge in [-0.05, 0) is 37.1 Å². The summed E-state index contributed by atoms with van der Waals surface area (Å²) < 4.78 is 1.87. The fraction of sp³-hybridized carbons (Fsp3) is 0.375. The number of hydrogen-bond acceptors (Lipinski definition) is 6. The van der Waals surface area contributed by atoms with Crippen LogP contribution in [0.5, 0.6) is 0 Å². The van der Waals surface area contributed by atoms with Crippen LogP contribution in [0, 0.1) is 13.8 Å². The average Bonchev–Trinajstić information content (AvgIpc) is 2.53. The summed E-state index contributed by atoms with van der Waals surface area (Å²) in [6, 6.07) is 3.95. The molecular weight excluding hydrogens is 308 g/mol. The number of nitrogens with two attached hydrogens (primary N) is 1. The zero-order valence-electron chi connectivity index (χ0n) is 13.7. The fourth-order valence-corrected chi connectivity index (χ4v) is 2.69. The van der Waals surface area contributed by atoms with Crippen molar-refractivity contribution in [3.63, 3.8) is 0 Å². The van der Waals surface area contributed by atoms with Crippen LogP contribution in [0.15, 0.2) is 21.7 Å². The largest absolute Gasteiger partial charge is 0.349 e. The molecule has 0 atom stereocenters. The van der Waals surface area contributed by atoms with Gasteiger partial charge in [0.05, 0.1) is 11.0 Å². The number of H-pyrrole nitrogens is 1. The van der Waals surface area contributed by atoms with E-state index in [9.17, 15) is 9.59 Å². The number of nitrogens with zero attached hydrogens (tertiary/aromatic N) is 3. The number of nitrogens with one attached hydrogen (secondary N) is 2. The van der Waals surface area contributed by atoms with Crippen LogP contribution in [0.2, 0.25) is 0 Å². The molecule has 0 saturated heterocycles. The van der Waals surface area contributed by atoms with Crippen molar-refractivity contribution < 1.29 is 0 Å². The van der Waals surface area contributed by atoms with Crippen molar-refractivity contribution in [1.29, 1.82) is 0 Å². The summed E-state index contributed by atoms with van der Waals surface area (Å²) in [6.45, 7) is 6.45. The third-order valence-corrected chi connectivity index (χ3v) is 4.06. The Bertz CT molecular complexity index is 975. The highest BCUT2D eigenvalue weighted by atomic mass is 16.2. The Morgan fingerprint density at radius 2 is 1.92 bits per heavy atom. The van der Waals surface area contributed by atoms with Gasteiger partial charge in [-0.25, -0.2) is 9.78 Å². The zero-order valence-corrected chi connectivity index (χ0v) is 13.7. The first-order chi connectivity index (χ1) is 11.5. The second-order valence-electron chi connectivity index (χ2n) is 5.77. The molecule has 4 N–H and O–H groups in total. The van der Waals surface area contributed by atoms with E-state index in [1.165, 1.54) is 0 Å². The van der Waals surface area contributed by atoms with Crippen LogP contribution in [0.4, 0.5) is 0 Å². The predicted octanol–water partition coefficient (Wildman–Crippen LogP) is -0.250. The number of aromatic nitrogens is 4. The molecule has 0 amide bonds. The standard InChI is InChI=1S/C16H20N6O2/c1-9-7-11-12(8-10(9)2)22(6-5-18-4-3-17)14-13(19-11)15(23)21-16(24)20-14/h7-8,18H,3-6,17H2,1-2H3,(H,21,23,24). The van der Waals surface area contributed by atoms with Gasteiger partial charge in [0, 0.05) is 26.2 Å². The van der Waals surface area contributed by atoms with E-state index >= 15 is 0 Å². The van der Waals surface area contributed by atoms with Crippen LogP contribution < -0.4 is 22.3 Å². The van der Waals surface area contributed by atoms with E-state index in [2.05, 4.69) is 20.3 Å². The Hall–Kier alpha value is -2.58. The van der Waals surface area contributed by atoms with Gasteiger partial charge >= 0.3 is 5.69 Å². The first kappa shape index (κ1) is 16.3. The minimum Gasteiger partial charge on any atom is -0.329 e. The van der Waals surface area contributed by atoms with Crippen molar-refractivity contribution in [2.45, 2.75) is 20.4 Å². The van der Waals surface area contributed by atoms with Gasteiger partial charge in [0.1, 0.15) is 0 Å². The minimum absolute atomic E-state index is 0.171. The number of fused-ring (bicyclic) bond motifs is 2. The normalized spacial score (nSPS) is 11.5. The molecule has 0 saturated carbocycles. The van der Waals surface area contributed by atoms with Crippen LogP contribution >= 0.6 is 0 Å². The van der Waals surface area contributed by atoms with Gasteiger partial charge < -0.3 is 15.6 Å². The van der Waals surface area contributed by atoms with Crippen molar-refractivity contribution in [2.75, 3.05) is 19.6 Å². The Labute approximate surface area is 138 Å². The van der Waals surface area contributed by atoms with Gasteiger partial charge in [0.2, 0.25) is 0 Å². The molecule has 8 nitrogen and oxygen atoms in total. The molecule has 0 spiro atoms. The quantitative estimate of drug-likeness (QED) is 0.439. The molecule has 3 rings (SSSR count). The third kappa shape index (κ3) is 2.93. The van der Waals surface area contributed by atoms with Crippen LogP contribution in [-0.2, 0) is 6.54 Å². The molecule has 1 aromatic rings. The zero-order chi connectivity index (χ0) is 17.3. The van der Waals surface area contributed by atoms with Crippen LogP contribution in [-0.4, -0.2) is 39.2 Å². The van der Waals surface area contributed by atoms with Gasteiger partial charge in [-0.1, -0.05) is 0 Å². The summed E-state index contributed by atoms with van der Waals surface area (Å²) in [5.41, 5.74) is 8.22. The monoisotopic (exact) mass is 328 g/mol. The molecule has 0 radical (unpaired) electrons. The maximum atomic E-state index is 12.1. The van der Waals surface area contributed by atoms with Gasteiger partial charge in [-0.15, -0.1) is 0 Å². The smallest absolute Gasteiger partial charge is 0.329 e. The molecule has 2 aliphatic heterocycles. The molecule has 2 aliphatic rings. The Morgan fingerprint density at radius 3 is 2.67 bits per heavy atom. The summed E-state index contributed by atoms with van der Waals surface area (Å²) in [6.07, 6.45) is 0.